The van der Waals surface area contributed by atoms with E-state index in [2.05, 4.69) is 41.9 Å². The maximum absolute atomic E-state index is 5.28. The van der Waals surface area contributed by atoms with Crippen molar-refractivity contribution in [2.45, 2.75) is 25.8 Å². The third-order valence-corrected chi connectivity index (χ3v) is 3.99. The van der Waals surface area contributed by atoms with Crippen LogP contribution in [-0.4, -0.2) is 37.7 Å². The van der Waals surface area contributed by atoms with Gasteiger partial charge in [-0.15, -0.1) is 0 Å². The number of benzene rings is 1. The Labute approximate surface area is 128 Å². The van der Waals surface area contributed by atoms with Crippen molar-refractivity contribution in [1.82, 2.24) is 4.90 Å². The largest absolute Gasteiger partial charge is 0.497 e. The van der Waals surface area contributed by atoms with Crippen LogP contribution in [0.2, 0.25) is 0 Å². The van der Waals surface area contributed by atoms with Gasteiger partial charge in [0.25, 0.3) is 0 Å². The number of allylic oxidation sites excluding steroid dienone is 1. The smallest absolute Gasteiger partial charge is 0.120 e. The minimum absolute atomic E-state index is 0.494. The van der Waals surface area contributed by atoms with Gasteiger partial charge in [0.2, 0.25) is 0 Å². The Kier molecular flexibility index (Phi) is 5.88. The molecule has 1 aromatic carbocycles. The Bertz CT molecular complexity index is 496. The van der Waals surface area contributed by atoms with E-state index in [0.717, 1.165) is 24.5 Å². The average Bonchev–Trinajstić information content (AvgIpc) is 2.53. The fourth-order valence-corrected chi connectivity index (χ4v) is 2.80. The maximum Gasteiger partial charge on any atom is 0.120 e. The summed E-state index contributed by atoms with van der Waals surface area (Å²) in [4.78, 5) is 2.50. The highest BCUT2D eigenvalue weighted by Crippen LogP contribution is 2.21. The number of nitrogens with zero attached hydrogens (tertiary/aromatic N) is 1. The van der Waals surface area contributed by atoms with Crippen molar-refractivity contribution in [3.8, 4) is 5.75 Å². The molecule has 2 rings (SSSR count). The lowest BCUT2D eigenvalue weighted by Crippen LogP contribution is -2.42. The molecule has 0 spiro atoms. The molecule has 1 fully saturated rings. The van der Waals surface area contributed by atoms with Gasteiger partial charge < -0.3 is 10.1 Å². The predicted octanol–water partition coefficient (Wildman–Crippen LogP) is 3.70. The van der Waals surface area contributed by atoms with Gasteiger partial charge >= 0.3 is 0 Å². The van der Waals surface area contributed by atoms with E-state index >= 15 is 0 Å². The van der Waals surface area contributed by atoms with E-state index in [1.165, 1.54) is 25.0 Å². The molecule has 0 amide bonds. The lowest BCUT2D eigenvalue weighted by Gasteiger charge is -2.34. The molecule has 1 aliphatic heterocycles. The van der Waals surface area contributed by atoms with Crippen LogP contribution < -0.4 is 10.1 Å². The van der Waals surface area contributed by atoms with Crippen molar-refractivity contribution in [1.29, 1.82) is 0 Å². The van der Waals surface area contributed by atoms with E-state index in [1.54, 1.807) is 7.11 Å². The summed E-state index contributed by atoms with van der Waals surface area (Å²) in [6, 6.07) is 8.65. The molecule has 114 valence electrons. The zero-order valence-corrected chi connectivity index (χ0v) is 13.1. The van der Waals surface area contributed by atoms with Crippen LogP contribution >= 0.6 is 0 Å². The molecule has 0 aliphatic carbocycles. The number of anilines is 1. The first-order valence-corrected chi connectivity index (χ1v) is 7.65. The molecule has 0 aromatic heterocycles. The molecular formula is C18H26N2O. The number of rotatable bonds is 6. The van der Waals surface area contributed by atoms with Crippen LogP contribution in [0.25, 0.3) is 0 Å². The quantitative estimate of drug-likeness (QED) is 0.807. The Hall–Kier alpha value is -1.74. The van der Waals surface area contributed by atoms with Crippen molar-refractivity contribution in [3.05, 3.63) is 48.6 Å². The SMILES string of the molecule is C=C/C(=C\C)CN1CCCC(Nc2cccc(OC)c2)C1. The van der Waals surface area contributed by atoms with E-state index in [4.69, 9.17) is 4.74 Å². The molecule has 1 N–H and O–H groups in total. The Morgan fingerprint density at radius 3 is 3.10 bits per heavy atom. The molecule has 3 heteroatoms. The van der Waals surface area contributed by atoms with Gasteiger partial charge in [-0.05, 0) is 44.0 Å². The van der Waals surface area contributed by atoms with Gasteiger partial charge in [0.05, 0.1) is 7.11 Å². The van der Waals surface area contributed by atoms with Crippen molar-refractivity contribution in [2.24, 2.45) is 0 Å². The molecule has 0 saturated carbocycles. The Balaban J connectivity index is 1.93. The van der Waals surface area contributed by atoms with Crippen LogP contribution in [-0.2, 0) is 0 Å². The monoisotopic (exact) mass is 286 g/mol. The van der Waals surface area contributed by atoms with E-state index < -0.39 is 0 Å². The molecular weight excluding hydrogens is 260 g/mol. The lowest BCUT2D eigenvalue weighted by atomic mass is 10.0. The van der Waals surface area contributed by atoms with Crippen LogP contribution in [0.1, 0.15) is 19.8 Å². The van der Waals surface area contributed by atoms with Crippen molar-refractivity contribution >= 4 is 5.69 Å². The van der Waals surface area contributed by atoms with Gasteiger partial charge in [-0.3, -0.25) is 4.90 Å². The second kappa shape index (κ2) is 7.89. The molecule has 1 unspecified atom stereocenters. The molecule has 1 heterocycles. The highest BCUT2D eigenvalue weighted by atomic mass is 16.5. The van der Waals surface area contributed by atoms with Gasteiger partial charge in [-0.25, -0.2) is 0 Å². The van der Waals surface area contributed by atoms with Gasteiger partial charge in [0.15, 0.2) is 0 Å². The standard InChI is InChI=1S/C18H26N2O/c1-4-15(5-2)13-20-11-7-9-17(14-20)19-16-8-6-10-18(12-16)21-3/h4-6,8,10,12,17,19H,1,7,9,11,13-14H2,2-3H3/b15-5+. The minimum Gasteiger partial charge on any atom is -0.497 e. The summed E-state index contributed by atoms with van der Waals surface area (Å²) in [7, 11) is 1.70. The number of likely N-dealkylation sites (tertiary alicyclic amines) is 1. The van der Waals surface area contributed by atoms with Crippen LogP contribution in [0.4, 0.5) is 5.69 Å². The summed E-state index contributed by atoms with van der Waals surface area (Å²) < 4.78 is 5.28. The highest BCUT2D eigenvalue weighted by molar-refractivity contribution is 5.49. The van der Waals surface area contributed by atoms with E-state index in [9.17, 15) is 0 Å². The van der Waals surface area contributed by atoms with Gasteiger partial charge in [-0.2, -0.15) is 0 Å². The van der Waals surface area contributed by atoms with Crippen LogP contribution in [0.3, 0.4) is 0 Å². The second-order valence-corrected chi connectivity index (χ2v) is 5.52. The first-order chi connectivity index (χ1) is 10.2. The highest BCUT2D eigenvalue weighted by Gasteiger charge is 2.19. The minimum atomic E-state index is 0.494. The van der Waals surface area contributed by atoms with E-state index in [-0.39, 0.29) is 0 Å². The molecule has 0 bridgehead atoms. The van der Waals surface area contributed by atoms with E-state index in [1.807, 2.05) is 18.2 Å². The summed E-state index contributed by atoms with van der Waals surface area (Å²) in [6.07, 6.45) is 6.55. The van der Waals surface area contributed by atoms with Crippen molar-refractivity contribution in [3.63, 3.8) is 0 Å². The Morgan fingerprint density at radius 1 is 1.52 bits per heavy atom. The molecule has 1 atom stereocenters. The van der Waals surface area contributed by atoms with Gasteiger partial charge in [0.1, 0.15) is 5.75 Å². The first kappa shape index (κ1) is 15.6. The third kappa shape index (κ3) is 4.64. The average molecular weight is 286 g/mol. The van der Waals surface area contributed by atoms with Crippen LogP contribution in [0.5, 0.6) is 5.75 Å². The first-order valence-electron chi connectivity index (χ1n) is 7.65. The van der Waals surface area contributed by atoms with Gasteiger partial charge in [0, 0.05) is 30.9 Å². The van der Waals surface area contributed by atoms with E-state index in [0.29, 0.717) is 6.04 Å². The molecule has 21 heavy (non-hydrogen) atoms. The fraction of sp³-hybridized carbons (Fsp3) is 0.444. The zero-order chi connectivity index (χ0) is 15.1. The molecule has 1 saturated heterocycles. The number of piperidine rings is 1. The fourth-order valence-electron chi connectivity index (χ4n) is 2.80. The normalized spacial score (nSPS) is 20.1. The lowest BCUT2D eigenvalue weighted by molar-refractivity contribution is 0.234. The summed E-state index contributed by atoms with van der Waals surface area (Å²) in [5, 5.41) is 3.63. The van der Waals surface area contributed by atoms with Crippen LogP contribution in [0.15, 0.2) is 48.6 Å². The maximum atomic E-state index is 5.28. The topological polar surface area (TPSA) is 24.5 Å². The molecule has 0 radical (unpaired) electrons. The number of hydrogen-bond donors (Lipinski definition) is 1. The molecule has 1 aromatic rings. The summed E-state index contributed by atoms with van der Waals surface area (Å²) in [5.74, 6) is 0.899. The van der Waals surface area contributed by atoms with Crippen LogP contribution in [0, 0.1) is 0 Å². The predicted molar refractivity (Wildman–Crippen MR) is 90.0 cm³/mol. The number of nitrogens with one attached hydrogen (secondary N) is 1. The molecule has 3 nitrogen and oxygen atoms in total. The summed E-state index contributed by atoms with van der Waals surface area (Å²) >= 11 is 0. The van der Waals surface area contributed by atoms with Crippen molar-refractivity contribution in [2.75, 3.05) is 32.1 Å². The Morgan fingerprint density at radius 2 is 2.38 bits per heavy atom. The summed E-state index contributed by atoms with van der Waals surface area (Å²) in [5.41, 5.74) is 2.44. The number of methoxy groups -OCH3 is 1. The zero-order valence-electron chi connectivity index (χ0n) is 13.1. The summed E-state index contributed by atoms with van der Waals surface area (Å²) in [6.45, 7) is 9.19. The third-order valence-electron chi connectivity index (χ3n) is 3.99. The van der Waals surface area contributed by atoms with Gasteiger partial charge in [-0.1, -0.05) is 24.8 Å². The second-order valence-electron chi connectivity index (χ2n) is 5.52. The number of hydrogen-bond acceptors (Lipinski definition) is 3. The van der Waals surface area contributed by atoms with Crippen molar-refractivity contribution < 1.29 is 4.74 Å². The molecule has 1 aliphatic rings. The number of ether oxygens (including phenoxy) is 1.